The van der Waals surface area contributed by atoms with E-state index in [9.17, 15) is 23.1 Å². The van der Waals surface area contributed by atoms with Crippen molar-refractivity contribution >= 4 is 11.6 Å². The summed E-state index contributed by atoms with van der Waals surface area (Å²) in [6.07, 6.45) is -2.46. The molecule has 0 radical (unpaired) electrons. The number of amides is 1. The Bertz CT molecular complexity index is 653. The van der Waals surface area contributed by atoms with Gasteiger partial charge in [-0.25, -0.2) is 0 Å². The number of hydrogen-bond acceptors (Lipinski definition) is 4. The molecule has 5 nitrogen and oxygen atoms in total. The molecule has 0 aromatic carbocycles. The van der Waals surface area contributed by atoms with Crippen LogP contribution in [0.2, 0.25) is 0 Å². The predicted molar refractivity (Wildman–Crippen MR) is 74.6 cm³/mol. The first-order valence-corrected chi connectivity index (χ1v) is 7.52. The molecule has 1 fully saturated rings. The molecule has 1 aromatic heterocycles. The number of hydrazone groups is 1. The second-order valence-corrected chi connectivity index (χ2v) is 5.99. The summed E-state index contributed by atoms with van der Waals surface area (Å²) in [4.78, 5) is 12.4. The molecule has 0 spiro atoms. The largest absolute Gasteiger partial charge is 0.456 e. The van der Waals surface area contributed by atoms with Crippen LogP contribution < -0.4 is 0 Å². The third kappa shape index (κ3) is 2.45. The minimum absolute atomic E-state index is 0.149. The lowest BCUT2D eigenvalue weighted by Crippen LogP contribution is -2.61. The first kappa shape index (κ1) is 16.0. The number of furan rings is 1. The van der Waals surface area contributed by atoms with Gasteiger partial charge in [0.25, 0.3) is 5.72 Å². The van der Waals surface area contributed by atoms with E-state index in [0.717, 1.165) is 6.42 Å². The third-order valence-corrected chi connectivity index (χ3v) is 4.43. The number of aliphatic hydroxyl groups is 1. The zero-order chi connectivity index (χ0) is 16.8. The fourth-order valence-corrected chi connectivity index (χ4v) is 3.25. The van der Waals surface area contributed by atoms with Crippen LogP contribution in [-0.4, -0.2) is 33.6 Å². The van der Waals surface area contributed by atoms with E-state index in [2.05, 4.69) is 5.10 Å². The molecule has 1 N–H and O–H groups in total. The van der Waals surface area contributed by atoms with Crippen molar-refractivity contribution in [2.45, 2.75) is 50.9 Å². The molecular weight excluding hydrogens is 313 g/mol. The Hall–Kier alpha value is -1.83. The quantitative estimate of drug-likeness (QED) is 0.860. The van der Waals surface area contributed by atoms with Gasteiger partial charge < -0.3 is 9.52 Å². The maximum atomic E-state index is 13.6. The van der Waals surface area contributed by atoms with E-state index < -0.39 is 23.7 Å². The molecule has 1 amide bonds. The fraction of sp³-hybridized carbons (Fsp3) is 0.600. The molecule has 1 aliphatic carbocycles. The fourth-order valence-electron chi connectivity index (χ4n) is 3.25. The van der Waals surface area contributed by atoms with Gasteiger partial charge in [-0.3, -0.25) is 4.79 Å². The van der Waals surface area contributed by atoms with Gasteiger partial charge in [0, 0.05) is 5.71 Å². The van der Waals surface area contributed by atoms with Gasteiger partial charge in [-0.2, -0.15) is 23.3 Å². The van der Waals surface area contributed by atoms with Crippen LogP contribution in [0.1, 0.15) is 48.4 Å². The molecule has 23 heavy (non-hydrogen) atoms. The molecule has 0 unspecified atom stereocenters. The number of rotatable bonds is 1. The first-order valence-electron chi connectivity index (χ1n) is 7.52. The van der Waals surface area contributed by atoms with E-state index in [0.29, 0.717) is 25.0 Å². The molecule has 2 heterocycles. The second-order valence-electron chi connectivity index (χ2n) is 5.99. The Kier molecular flexibility index (Phi) is 3.74. The summed E-state index contributed by atoms with van der Waals surface area (Å²) in [6.45, 7) is 1.58. The van der Waals surface area contributed by atoms with Crippen molar-refractivity contribution in [2.75, 3.05) is 0 Å². The normalized spacial score (nSPS) is 28.3. The van der Waals surface area contributed by atoms with Crippen LogP contribution in [-0.2, 0) is 0 Å². The highest BCUT2D eigenvalue weighted by atomic mass is 19.4. The minimum Gasteiger partial charge on any atom is -0.456 e. The number of carbonyl (C=O) groups is 1. The molecule has 2 aliphatic rings. The smallest absolute Gasteiger partial charge is 0.439 e. The van der Waals surface area contributed by atoms with E-state index >= 15 is 0 Å². The van der Waals surface area contributed by atoms with Crippen molar-refractivity contribution < 1.29 is 27.5 Å². The SMILES string of the molecule is Cc1ccc(C(=O)N2N=C3CCCCC[C@H]3[C@@]2(O)C(F)(F)F)o1. The molecule has 0 saturated heterocycles. The molecule has 8 heteroatoms. The average Bonchev–Trinajstić information content (AvgIpc) is 2.92. The van der Waals surface area contributed by atoms with Crippen molar-refractivity contribution in [1.82, 2.24) is 5.01 Å². The van der Waals surface area contributed by atoms with Crippen molar-refractivity contribution in [2.24, 2.45) is 11.0 Å². The molecule has 126 valence electrons. The molecule has 1 aliphatic heterocycles. The van der Waals surface area contributed by atoms with Crippen molar-refractivity contribution in [1.29, 1.82) is 0 Å². The van der Waals surface area contributed by atoms with Gasteiger partial charge in [0.15, 0.2) is 5.76 Å². The predicted octanol–water partition coefficient (Wildman–Crippen LogP) is 3.23. The van der Waals surface area contributed by atoms with Crippen LogP contribution >= 0.6 is 0 Å². The summed E-state index contributed by atoms with van der Waals surface area (Å²) in [7, 11) is 0. The molecule has 1 saturated carbocycles. The van der Waals surface area contributed by atoms with Gasteiger partial charge in [-0.1, -0.05) is 12.8 Å². The van der Waals surface area contributed by atoms with E-state index in [1.807, 2.05) is 0 Å². The van der Waals surface area contributed by atoms with E-state index in [4.69, 9.17) is 4.42 Å². The number of alkyl halides is 3. The van der Waals surface area contributed by atoms with Crippen LogP contribution in [0.25, 0.3) is 0 Å². The average molecular weight is 330 g/mol. The lowest BCUT2D eigenvalue weighted by atomic mass is 9.87. The number of fused-ring (bicyclic) bond motifs is 1. The summed E-state index contributed by atoms with van der Waals surface area (Å²) in [5.41, 5.74) is -3.08. The van der Waals surface area contributed by atoms with E-state index in [1.165, 1.54) is 12.1 Å². The van der Waals surface area contributed by atoms with Crippen LogP contribution in [0.4, 0.5) is 13.2 Å². The molecule has 2 atom stereocenters. The standard InChI is InChI=1S/C15H17F3N2O3/c1-9-7-8-12(23-9)13(21)20-14(22,15(16,17)18)10-5-3-2-4-6-11(10)19-20/h7-8,10,22H,2-6H2,1H3/t10-,14-/m1/s1. The highest BCUT2D eigenvalue weighted by Gasteiger charge is 2.68. The van der Waals surface area contributed by atoms with Gasteiger partial charge in [0.2, 0.25) is 0 Å². The Labute approximate surface area is 130 Å². The van der Waals surface area contributed by atoms with Crippen LogP contribution in [0.3, 0.4) is 0 Å². The Morgan fingerprint density at radius 1 is 1.39 bits per heavy atom. The Balaban J connectivity index is 2.04. The zero-order valence-electron chi connectivity index (χ0n) is 12.6. The van der Waals surface area contributed by atoms with E-state index in [1.54, 1.807) is 6.92 Å². The highest BCUT2D eigenvalue weighted by molar-refractivity contribution is 5.97. The second kappa shape index (κ2) is 5.36. The lowest BCUT2D eigenvalue weighted by Gasteiger charge is -2.36. The Morgan fingerprint density at radius 3 is 2.74 bits per heavy atom. The van der Waals surface area contributed by atoms with Gasteiger partial charge >= 0.3 is 12.1 Å². The topological polar surface area (TPSA) is 66.0 Å². The Morgan fingerprint density at radius 2 is 2.13 bits per heavy atom. The number of carbonyl (C=O) groups excluding carboxylic acids is 1. The van der Waals surface area contributed by atoms with Crippen LogP contribution in [0.15, 0.2) is 21.7 Å². The maximum absolute atomic E-state index is 13.6. The van der Waals surface area contributed by atoms with E-state index in [-0.39, 0.29) is 22.9 Å². The summed E-state index contributed by atoms with van der Waals surface area (Å²) in [5.74, 6) is -2.18. The van der Waals surface area contributed by atoms with Gasteiger partial charge in [0.05, 0.1) is 5.92 Å². The number of hydrogen-bond donors (Lipinski definition) is 1. The number of nitrogens with zero attached hydrogens (tertiary/aromatic N) is 2. The number of aryl methyl sites for hydroxylation is 1. The van der Waals surface area contributed by atoms with Gasteiger partial charge in [-0.05, 0) is 38.3 Å². The van der Waals surface area contributed by atoms with Gasteiger partial charge in [0.1, 0.15) is 5.76 Å². The molecular formula is C15H17F3N2O3. The maximum Gasteiger partial charge on any atom is 0.439 e. The third-order valence-electron chi connectivity index (χ3n) is 4.43. The van der Waals surface area contributed by atoms with Crippen LogP contribution in [0, 0.1) is 12.8 Å². The summed E-state index contributed by atoms with van der Waals surface area (Å²) in [6, 6.07) is 2.75. The summed E-state index contributed by atoms with van der Waals surface area (Å²) < 4.78 is 46.0. The monoisotopic (exact) mass is 330 g/mol. The summed E-state index contributed by atoms with van der Waals surface area (Å²) in [5, 5.41) is 14.5. The van der Waals surface area contributed by atoms with Crippen molar-refractivity contribution in [3.63, 3.8) is 0 Å². The summed E-state index contributed by atoms with van der Waals surface area (Å²) >= 11 is 0. The van der Waals surface area contributed by atoms with Crippen molar-refractivity contribution in [3.05, 3.63) is 23.7 Å². The highest BCUT2D eigenvalue weighted by Crippen LogP contribution is 2.48. The lowest BCUT2D eigenvalue weighted by molar-refractivity contribution is -0.312. The first-order chi connectivity index (χ1) is 10.7. The van der Waals surface area contributed by atoms with Gasteiger partial charge in [-0.15, -0.1) is 0 Å². The minimum atomic E-state index is -5.01. The molecule has 3 rings (SSSR count). The zero-order valence-corrected chi connectivity index (χ0v) is 12.6. The molecule has 1 aromatic rings. The molecule has 0 bridgehead atoms. The number of halogens is 3. The van der Waals surface area contributed by atoms with Crippen molar-refractivity contribution in [3.8, 4) is 0 Å². The van der Waals surface area contributed by atoms with Crippen LogP contribution in [0.5, 0.6) is 0 Å².